The van der Waals surface area contributed by atoms with E-state index in [1.807, 2.05) is 79.7 Å². The summed E-state index contributed by atoms with van der Waals surface area (Å²) in [4.78, 5) is 33.6. The lowest BCUT2D eigenvalue weighted by Crippen LogP contribution is -2.39. The zero-order valence-corrected chi connectivity index (χ0v) is 19.3. The third kappa shape index (κ3) is 4.03. The van der Waals surface area contributed by atoms with E-state index in [1.165, 1.54) is 11.3 Å². The molecule has 1 aliphatic heterocycles. The van der Waals surface area contributed by atoms with Crippen molar-refractivity contribution in [1.29, 1.82) is 0 Å². The highest BCUT2D eigenvalue weighted by Gasteiger charge is 2.33. The van der Waals surface area contributed by atoms with Gasteiger partial charge in [0.25, 0.3) is 5.56 Å². The molecule has 6 nitrogen and oxygen atoms in total. The van der Waals surface area contributed by atoms with Crippen LogP contribution >= 0.6 is 11.3 Å². The van der Waals surface area contributed by atoms with Crippen molar-refractivity contribution in [2.45, 2.75) is 19.9 Å². The Kier molecular flexibility index (Phi) is 6.10. The highest BCUT2D eigenvalue weighted by atomic mass is 32.1. The number of ether oxygens (including phenoxy) is 1. The average Bonchev–Trinajstić information content (AvgIpc) is 3.08. The van der Waals surface area contributed by atoms with Gasteiger partial charge in [-0.15, -0.1) is 0 Å². The average molecular weight is 448 g/mol. The first-order valence-corrected chi connectivity index (χ1v) is 11.2. The molecule has 32 heavy (non-hydrogen) atoms. The number of hydrogen-bond donors (Lipinski definition) is 0. The van der Waals surface area contributed by atoms with Crippen molar-refractivity contribution in [1.82, 2.24) is 4.57 Å². The molecule has 2 heterocycles. The molecule has 0 bridgehead atoms. The summed E-state index contributed by atoms with van der Waals surface area (Å²) in [6.45, 7) is 3.81. The van der Waals surface area contributed by atoms with Crippen molar-refractivity contribution in [2.75, 3.05) is 25.6 Å². The van der Waals surface area contributed by atoms with Crippen molar-refractivity contribution >= 4 is 29.1 Å². The van der Waals surface area contributed by atoms with E-state index in [2.05, 4.69) is 4.99 Å². The number of carbonyl (C=O) groups excluding carboxylic acids is 1. The summed E-state index contributed by atoms with van der Waals surface area (Å²) in [7, 11) is 3.94. The Hall–Kier alpha value is -3.45. The maximum absolute atomic E-state index is 13.5. The quantitative estimate of drug-likeness (QED) is 0.565. The van der Waals surface area contributed by atoms with Gasteiger partial charge in [-0.25, -0.2) is 9.79 Å². The molecule has 0 saturated carbocycles. The van der Waals surface area contributed by atoms with Gasteiger partial charge in [0, 0.05) is 19.8 Å². The molecule has 164 valence electrons. The number of fused-ring (bicyclic) bond motifs is 1. The number of aromatic nitrogens is 1. The minimum absolute atomic E-state index is 0.173. The topological polar surface area (TPSA) is 63.9 Å². The van der Waals surface area contributed by atoms with E-state index in [1.54, 1.807) is 18.4 Å². The van der Waals surface area contributed by atoms with E-state index in [9.17, 15) is 9.59 Å². The van der Waals surface area contributed by atoms with Crippen LogP contribution in [0.1, 0.15) is 31.0 Å². The summed E-state index contributed by atoms with van der Waals surface area (Å²) in [6, 6.07) is 17.0. The molecule has 0 unspecified atom stereocenters. The van der Waals surface area contributed by atoms with Crippen LogP contribution in [0, 0.1) is 0 Å². The summed E-state index contributed by atoms with van der Waals surface area (Å²) in [6.07, 6.45) is 1.86. The minimum Gasteiger partial charge on any atom is -0.463 e. The van der Waals surface area contributed by atoms with Crippen molar-refractivity contribution in [2.24, 2.45) is 4.99 Å². The molecule has 0 amide bonds. The maximum atomic E-state index is 13.5. The number of benzene rings is 2. The Morgan fingerprint density at radius 3 is 2.47 bits per heavy atom. The number of hydrogen-bond acceptors (Lipinski definition) is 6. The number of carbonyl (C=O) groups is 1. The Labute approximate surface area is 190 Å². The summed E-state index contributed by atoms with van der Waals surface area (Å²) in [5, 5.41) is 0. The molecule has 2 aromatic carbocycles. The molecule has 0 spiro atoms. The molecule has 3 aromatic rings. The summed E-state index contributed by atoms with van der Waals surface area (Å²) < 4.78 is 7.52. The standard InChI is InChI=1S/C25H25N3O3S/c1-5-31-24(30)21-16(2)26-25-28(22(21)18-11-13-19(14-12-18)27(3)4)23(29)20(32-25)15-17-9-7-6-8-10-17/h6-15,22H,5H2,1-4H3/b20-15+/t22-/m1/s1. The van der Waals surface area contributed by atoms with Crippen LogP contribution < -0.4 is 19.8 Å². The second-order valence-electron chi connectivity index (χ2n) is 7.70. The summed E-state index contributed by atoms with van der Waals surface area (Å²) in [5.41, 5.74) is 3.59. The van der Waals surface area contributed by atoms with Gasteiger partial charge in [0.15, 0.2) is 4.80 Å². The normalized spacial score (nSPS) is 15.9. The lowest BCUT2D eigenvalue weighted by atomic mass is 9.95. The van der Waals surface area contributed by atoms with Crippen LogP contribution in [0.3, 0.4) is 0 Å². The van der Waals surface area contributed by atoms with E-state index in [0.29, 0.717) is 20.6 Å². The predicted molar refractivity (Wildman–Crippen MR) is 128 cm³/mol. The van der Waals surface area contributed by atoms with Crippen molar-refractivity contribution in [3.8, 4) is 0 Å². The van der Waals surface area contributed by atoms with Crippen LogP contribution in [-0.2, 0) is 9.53 Å². The van der Waals surface area contributed by atoms with Gasteiger partial charge in [0.05, 0.1) is 28.5 Å². The fourth-order valence-corrected chi connectivity index (χ4v) is 4.81. The molecule has 0 saturated heterocycles. The zero-order chi connectivity index (χ0) is 22.8. The number of thiazole rings is 1. The first-order chi connectivity index (χ1) is 15.4. The number of allylic oxidation sites excluding steroid dienone is 1. The Balaban J connectivity index is 1.94. The predicted octanol–water partition coefficient (Wildman–Crippen LogP) is 2.86. The van der Waals surface area contributed by atoms with E-state index in [-0.39, 0.29) is 12.2 Å². The highest BCUT2D eigenvalue weighted by Crippen LogP contribution is 2.31. The second-order valence-corrected chi connectivity index (χ2v) is 8.71. The van der Waals surface area contributed by atoms with E-state index < -0.39 is 12.0 Å². The highest BCUT2D eigenvalue weighted by molar-refractivity contribution is 7.07. The lowest BCUT2D eigenvalue weighted by molar-refractivity contribution is -0.139. The largest absolute Gasteiger partial charge is 0.463 e. The lowest BCUT2D eigenvalue weighted by Gasteiger charge is -2.25. The number of nitrogens with zero attached hydrogens (tertiary/aromatic N) is 3. The number of anilines is 1. The monoisotopic (exact) mass is 447 g/mol. The molecule has 0 aliphatic carbocycles. The molecule has 1 aromatic heterocycles. The molecule has 1 aliphatic rings. The van der Waals surface area contributed by atoms with Crippen LogP contribution in [-0.4, -0.2) is 31.2 Å². The molecule has 7 heteroatoms. The summed E-state index contributed by atoms with van der Waals surface area (Å²) in [5.74, 6) is -0.451. The zero-order valence-electron chi connectivity index (χ0n) is 18.5. The molecule has 1 atom stereocenters. The van der Waals surface area contributed by atoms with Gasteiger partial charge in [0.1, 0.15) is 0 Å². The van der Waals surface area contributed by atoms with Crippen LogP contribution in [0.2, 0.25) is 0 Å². The number of rotatable bonds is 5. The van der Waals surface area contributed by atoms with Crippen LogP contribution in [0.5, 0.6) is 0 Å². The van der Waals surface area contributed by atoms with Crippen LogP contribution in [0.15, 0.2) is 75.7 Å². The van der Waals surface area contributed by atoms with Gasteiger partial charge in [0.2, 0.25) is 0 Å². The SMILES string of the molecule is CCOC(=O)C1=C(C)N=c2s/c(=C/c3ccccc3)c(=O)n2[C@@H]1c1ccc(N(C)C)cc1. The Bertz CT molecular complexity index is 1350. The van der Waals surface area contributed by atoms with Crippen LogP contribution in [0.25, 0.3) is 6.08 Å². The van der Waals surface area contributed by atoms with Gasteiger partial charge < -0.3 is 9.64 Å². The first-order valence-electron chi connectivity index (χ1n) is 10.4. The molecular formula is C25H25N3O3S. The fraction of sp³-hybridized carbons (Fsp3) is 0.240. The Morgan fingerprint density at radius 1 is 1.16 bits per heavy atom. The molecular weight excluding hydrogens is 422 g/mol. The van der Waals surface area contributed by atoms with Crippen molar-refractivity contribution < 1.29 is 9.53 Å². The molecule has 0 radical (unpaired) electrons. The fourth-order valence-electron chi connectivity index (χ4n) is 3.76. The van der Waals surface area contributed by atoms with Gasteiger partial charge in [-0.1, -0.05) is 53.8 Å². The van der Waals surface area contributed by atoms with Crippen molar-refractivity contribution in [3.05, 3.63) is 96.7 Å². The number of esters is 1. The smallest absolute Gasteiger partial charge is 0.338 e. The first kappa shape index (κ1) is 21.8. The minimum atomic E-state index is -0.598. The van der Waals surface area contributed by atoms with E-state index >= 15 is 0 Å². The third-order valence-electron chi connectivity index (χ3n) is 5.34. The molecule has 0 N–H and O–H groups in total. The van der Waals surface area contributed by atoms with Gasteiger partial charge >= 0.3 is 5.97 Å². The Morgan fingerprint density at radius 2 is 1.84 bits per heavy atom. The second kappa shape index (κ2) is 8.96. The van der Waals surface area contributed by atoms with Crippen LogP contribution in [0.4, 0.5) is 5.69 Å². The third-order valence-corrected chi connectivity index (χ3v) is 6.32. The van der Waals surface area contributed by atoms with Gasteiger partial charge in [-0.3, -0.25) is 9.36 Å². The maximum Gasteiger partial charge on any atom is 0.338 e. The summed E-state index contributed by atoms with van der Waals surface area (Å²) >= 11 is 1.33. The van der Waals surface area contributed by atoms with Gasteiger partial charge in [-0.2, -0.15) is 0 Å². The van der Waals surface area contributed by atoms with E-state index in [4.69, 9.17) is 4.74 Å². The van der Waals surface area contributed by atoms with Crippen molar-refractivity contribution in [3.63, 3.8) is 0 Å². The molecule has 0 fully saturated rings. The molecule has 4 rings (SSSR count). The van der Waals surface area contributed by atoms with E-state index in [0.717, 1.165) is 16.8 Å². The van der Waals surface area contributed by atoms with Gasteiger partial charge in [-0.05, 0) is 43.2 Å².